The third kappa shape index (κ3) is 2.21. The molecule has 1 aromatic heterocycles. The molecule has 0 radical (unpaired) electrons. The summed E-state index contributed by atoms with van der Waals surface area (Å²) in [5.74, 6) is -0.276. The van der Waals surface area contributed by atoms with Gasteiger partial charge >= 0.3 is 0 Å². The molecule has 0 fully saturated rings. The molecule has 0 bridgehead atoms. The van der Waals surface area contributed by atoms with E-state index in [0.717, 1.165) is 16.7 Å². The van der Waals surface area contributed by atoms with Crippen molar-refractivity contribution in [3.05, 3.63) is 53.1 Å². The third-order valence-corrected chi connectivity index (χ3v) is 2.63. The Morgan fingerprint density at radius 1 is 1.25 bits per heavy atom. The molecule has 2 nitrogen and oxygen atoms in total. The summed E-state index contributed by atoms with van der Waals surface area (Å²) in [5, 5.41) is 0.391. The molecule has 0 aliphatic rings. The van der Waals surface area contributed by atoms with Crippen LogP contribution in [-0.2, 0) is 6.54 Å². The number of aromatic nitrogens is 1. The second-order valence-corrected chi connectivity index (χ2v) is 3.75. The van der Waals surface area contributed by atoms with Crippen molar-refractivity contribution in [2.24, 2.45) is 5.73 Å². The molecule has 2 rings (SSSR count). The molecular weight excluding hydrogens is 227 g/mol. The Labute approximate surface area is 97.9 Å². The van der Waals surface area contributed by atoms with Gasteiger partial charge in [0, 0.05) is 23.9 Å². The minimum absolute atomic E-state index is 0.276. The van der Waals surface area contributed by atoms with E-state index in [0.29, 0.717) is 11.7 Å². The predicted molar refractivity (Wildman–Crippen MR) is 62.5 cm³/mol. The largest absolute Gasteiger partial charge is 0.326 e. The topological polar surface area (TPSA) is 38.9 Å². The number of hydrogen-bond acceptors (Lipinski definition) is 2. The van der Waals surface area contributed by atoms with Crippen LogP contribution in [0.5, 0.6) is 0 Å². The maximum Gasteiger partial charge on any atom is 0.133 e. The average Bonchev–Trinajstić information content (AvgIpc) is 2.29. The normalized spacial score (nSPS) is 10.4. The number of pyridine rings is 1. The lowest BCUT2D eigenvalue weighted by Gasteiger charge is -2.05. The lowest BCUT2D eigenvalue weighted by atomic mass is 10.1. The minimum Gasteiger partial charge on any atom is -0.326 e. The molecule has 1 heterocycles. The summed E-state index contributed by atoms with van der Waals surface area (Å²) in [6.07, 6.45) is 1.61. The average molecular weight is 237 g/mol. The molecule has 4 heteroatoms. The molecule has 82 valence electrons. The Hall–Kier alpha value is -1.45. The van der Waals surface area contributed by atoms with Crippen LogP contribution in [0.3, 0.4) is 0 Å². The van der Waals surface area contributed by atoms with Gasteiger partial charge in [-0.25, -0.2) is 9.37 Å². The minimum atomic E-state index is -0.276. The molecule has 0 aliphatic heterocycles. The molecule has 0 unspecified atom stereocenters. The van der Waals surface area contributed by atoms with Crippen LogP contribution < -0.4 is 5.73 Å². The maximum absolute atomic E-state index is 13.0. The lowest BCUT2D eigenvalue weighted by molar-refractivity contribution is 0.628. The summed E-state index contributed by atoms with van der Waals surface area (Å²) in [7, 11) is 0. The number of halogens is 2. The fraction of sp³-hybridized carbons (Fsp3) is 0.0833. The highest BCUT2D eigenvalue weighted by atomic mass is 35.5. The van der Waals surface area contributed by atoms with E-state index >= 15 is 0 Å². The van der Waals surface area contributed by atoms with Gasteiger partial charge in [-0.2, -0.15) is 0 Å². The summed E-state index contributed by atoms with van der Waals surface area (Å²) in [6.45, 7) is 0.314. The molecule has 2 N–H and O–H groups in total. The van der Waals surface area contributed by atoms with Gasteiger partial charge in [-0.05, 0) is 23.8 Å². The van der Waals surface area contributed by atoms with E-state index in [1.807, 2.05) is 12.1 Å². The van der Waals surface area contributed by atoms with Crippen molar-refractivity contribution in [2.45, 2.75) is 6.54 Å². The van der Waals surface area contributed by atoms with Crippen molar-refractivity contribution >= 4 is 11.6 Å². The maximum atomic E-state index is 13.0. The van der Waals surface area contributed by atoms with Gasteiger partial charge in [0.05, 0.1) is 0 Å². The van der Waals surface area contributed by atoms with Crippen LogP contribution in [-0.4, -0.2) is 4.98 Å². The van der Waals surface area contributed by atoms with Crippen LogP contribution >= 0.6 is 11.6 Å². The number of benzene rings is 1. The Bertz CT molecular complexity index is 514. The number of nitrogens with zero attached hydrogens (tertiary/aromatic N) is 1. The molecular formula is C12H10ClFN2. The summed E-state index contributed by atoms with van der Waals surface area (Å²) in [6, 6.07) is 8.14. The van der Waals surface area contributed by atoms with Gasteiger partial charge in [-0.15, -0.1) is 0 Å². The second-order valence-electron chi connectivity index (χ2n) is 3.39. The smallest absolute Gasteiger partial charge is 0.133 e. The van der Waals surface area contributed by atoms with E-state index in [1.165, 1.54) is 12.1 Å². The Morgan fingerprint density at radius 2 is 2.06 bits per heavy atom. The van der Waals surface area contributed by atoms with Crippen LogP contribution in [0.2, 0.25) is 5.15 Å². The zero-order valence-electron chi connectivity index (χ0n) is 8.45. The van der Waals surface area contributed by atoms with E-state index in [2.05, 4.69) is 4.98 Å². The zero-order chi connectivity index (χ0) is 11.5. The Kier molecular flexibility index (Phi) is 3.17. The lowest BCUT2D eigenvalue weighted by Crippen LogP contribution is -1.99. The zero-order valence-corrected chi connectivity index (χ0v) is 9.21. The number of hydrogen-bond donors (Lipinski definition) is 1. The van der Waals surface area contributed by atoms with Crippen molar-refractivity contribution in [3.63, 3.8) is 0 Å². The summed E-state index contributed by atoms with van der Waals surface area (Å²) in [5.41, 5.74) is 7.85. The van der Waals surface area contributed by atoms with Gasteiger partial charge in [-0.1, -0.05) is 23.7 Å². The molecule has 0 aliphatic carbocycles. The highest BCUT2D eigenvalue weighted by molar-refractivity contribution is 6.30. The van der Waals surface area contributed by atoms with E-state index in [-0.39, 0.29) is 5.82 Å². The van der Waals surface area contributed by atoms with Gasteiger partial charge in [0.15, 0.2) is 0 Å². The quantitative estimate of drug-likeness (QED) is 0.815. The Morgan fingerprint density at radius 3 is 2.75 bits per heavy atom. The van der Waals surface area contributed by atoms with Crippen molar-refractivity contribution in [1.29, 1.82) is 0 Å². The first-order chi connectivity index (χ1) is 7.70. The van der Waals surface area contributed by atoms with E-state index in [4.69, 9.17) is 17.3 Å². The van der Waals surface area contributed by atoms with Crippen molar-refractivity contribution in [1.82, 2.24) is 4.98 Å². The molecule has 0 amide bonds. The van der Waals surface area contributed by atoms with E-state index < -0.39 is 0 Å². The van der Waals surface area contributed by atoms with Crippen molar-refractivity contribution in [2.75, 3.05) is 0 Å². The molecule has 2 aromatic rings. The van der Waals surface area contributed by atoms with Gasteiger partial charge in [-0.3, -0.25) is 0 Å². The highest BCUT2D eigenvalue weighted by Crippen LogP contribution is 2.23. The molecule has 1 aromatic carbocycles. The fourth-order valence-electron chi connectivity index (χ4n) is 1.46. The monoisotopic (exact) mass is 236 g/mol. The Balaban J connectivity index is 2.48. The van der Waals surface area contributed by atoms with E-state index in [9.17, 15) is 4.39 Å². The van der Waals surface area contributed by atoms with Crippen molar-refractivity contribution < 1.29 is 4.39 Å². The van der Waals surface area contributed by atoms with E-state index in [1.54, 1.807) is 12.3 Å². The summed E-state index contributed by atoms with van der Waals surface area (Å²) >= 11 is 5.85. The summed E-state index contributed by atoms with van der Waals surface area (Å²) < 4.78 is 13.0. The number of nitrogens with two attached hydrogens (primary N) is 1. The second kappa shape index (κ2) is 4.60. The van der Waals surface area contributed by atoms with Gasteiger partial charge in [0.2, 0.25) is 0 Å². The van der Waals surface area contributed by atoms with Crippen LogP contribution in [0.25, 0.3) is 11.1 Å². The van der Waals surface area contributed by atoms with Crippen LogP contribution in [0.15, 0.2) is 36.5 Å². The van der Waals surface area contributed by atoms with Crippen LogP contribution in [0.4, 0.5) is 4.39 Å². The van der Waals surface area contributed by atoms with Crippen LogP contribution in [0, 0.1) is 5.82 Å². The third-order valence-electron chi connectivity index (χ3n) is 2.29. The fourth-order valence-corrected chi connectivity index (χ4v) is 1.64. The molecule has 0 atom stereocenters. The van der Waals surface area contributed by atoms with Gasteiger partial charge in [0.1, 0.15) is 11.0 Å². The van der Waals surface area contributed by atoms with Crippen LogP contribution in [0.1, 0.15) is 5.56 Å². The first kappa shape index (κ1) is 11.0. The molecule has 0 saturated heterocycles. The van der Waals surface area contributed by atoms with Gasteiger partial charge in [0.25, 0.3) is 0 Å². The highest BCUT2D eigenvalue weighted by Gasteiger charge is 2.04. The number of rotatable bonds is 2. The predicted octanol–water partition coefficient (Wildman–Crippen LogP) is 3.00. The molecule has 16 heavy (non-hydrogen) atoms. The van der Waals surface area contributed by atoms with Gasteiger partial charge < -0.3 is 5.73 Å². The molecule has 0 spiro atoms. The first-order valence-corrected chi connectivity index (χ1v) is 5.19. The van der Waals surface area contributed by atoms with Crippen molar-refractivity contribution in [3.8, 4) is 11.1 Å². The molecule has 0 saturated carbocycles. The summed E-state index contributed by atoms with van der Waals surface area (Å²) in [4.78, 5) is 4.02. The first-order valence-electron chi connectivity index (χ1n) is 4.81. The standard InChI is InChI=1S/C12H10ClFN2/c13-12-9(6-15)4-10(7-16-12)8-2-1-3-11(14)5-8/h1-5,7H,6,15H2. The SMILES string of the molecule is NCc1cc(-c2cccc(F)c2)cnc1Cl.